The van der Waals surface area contributed by atoms with Crippen LogP contribution in [0, 0.1) is 13.8 Å². The van der Waals surface area contributed by atoms with E-state index in [1.165, 1.54) is 288 Å². The van der Waals surface area contributed by atoms with Crippen LogP contribution < -0.4 is 18.1 Å². The molecule has 0 aliphatic carbocycles. The molecule has 0 aliphatic rings. The molecule has 0 heterocycles. The van der Waals surface area contributed by atoms with Crippen LogP contribution in [0.25, 0.3) is 0 Å². The summed E-state index contributed by atoms with van der Waals surface area (Å²) in [5, 5.41) is 0. The fraction of sp³-hybridized carbons (Fsp3) is 0.733. The maximum Gasteiger partial charge on any atom is 0.463 e. The third kappa shape index (κ3) is 37.9. The van der Waals surface area contributed by atoms with E-state index in [-0.39, 0.29) is 16.7 Å². The summed E-state index contributed by atoms with van der Waals surface area (Å²) in [4.78, 5) is 0. The van der Waals surface area contributed by atoms with Crippen LogP contribution in [0.3, 0.4) is 0 Å². The highest BCUT2D eigenvalue weighted by molar-refractivity contribution is 7.42. The Hall–Kier alpha value is -3.14. The van der Waals surface area contributed by atoms with Gasteiger partial charge in [0.25, 0.3) is 0 Å². The van der Waals surface area contributed by atoms with Gasteiger partial charge < -0.3 is 18.1 Å². The molecule has 0 saturated carbocycles. The van der Waals surface area contributed by atoms with Gasteiger partial charge in [-0.2, -0.15) is 0 Å². The van der Waals surface area contributed by atoms with Gasteiger partial charge >= 0.3 is 17.2 Å². The first-order valence-corrected chi connectivity index (χ1v) is 43.9. The predicted molar refractivity (Wildman–Crippen MR) is 431 cm³/mol. The average Bonchev–Trinajstić information content (AvgIpc) is 0.770. The van der Waals surface area contributed by atoms with E-state index in [0.717, 1.165) is 87.2 Å². The van der Waals surface area contributed by atoms with Crippen LogP contribution in [0.2, 0.25) is 0 Å². The zero-order chi connectivity index (χ0) is 70.7. The molecule has 0 saturated heterocycles. The van der Waals surface area contributed by atoms with Gasteiger partial charge in [-0.1, -0.05) is 388 Å². The molecule has 8 heteroatoms. The van der Waals surface area contributed by atoms with E-state index in [9.17, 15) is 0 Å². The van der Waals surface area contributed by atoms with E-state index in [1.807, 2.05) is 0 Å². The van der Waals surface area contributed by atoms with Crippen LogP contribution in [-0.2, 0) is 32.7 Å². The minimum atomic E-state index is -1.76. The van der Waals surface area contributed by atoms with Crippen LogP contribution in [0.4, 0.5) is 0 Å². The van der Waals surface area contributed by atoms with E-state index in [1.54, 1.807) is 0 Å². The lowest BCUT2D eigenvalue weighted by Gasteiger charge is -2.31. The molecule has 4 aromatic carbocycles. The van der Waals surface area contributed by atoms with Gasteiger partial charge in [0.2, 0.25) is 0 Å². The van der Waals surface area contributed by atoms with Crippen molar-refractivity contribution < 1.29 is 27.1 Å². The monoisotopic (exact) mass is 1390 g/mol. The summed E-state index contributed by atoms with van der Waals surface area (Å²) in [5.41, 5.74) is 9.52. The first kappa shape index (κ1) is 87.3. The summed E-state index contributed by atoms with van der Waals surface area (Å²) in [6.45, 7) is 31.3. The second-order valence-corrected chi connectivity index (χ2v) is 33.7. The Labute approximate surface area is 609 Å². The zero-order valence-electron chi connectivity index (χ0n) is 66.2. The molecule has 0 amide bonds. The maximum atomic E-state index is 7.21. The highest BCUT2D eigenvalue weighted by Gasteiger charge is 2.32. The van der Waals surface area contributed by atoms with Gasteiger partial charge in [0.05, 0.1) is 13.2 Å². The second kappa shape index (κ2) is 54.5. The summed E-state index contributed by atoms with van der Waals surface area (Å²) < 4.78 is 42.1. The van der Waals surface area contributed by atoms with Crippen molar-refractivity contribution in [3.63, 3.8) is 0 Å². The molecule has 98 heavy (non-hydrogen) atoms. The largest absolute Gasteiger partial charge is 0.463 e. The molecule has 0 aromatic heterocycles. The van der Waals surface area contributed by atoms with E-state index < -0.39 is 17.2 Å². The quantitative estimate of drug-likeness (QED) is 0.0324. The van der Waals surface area contributed by atoms with E-state index in [2.05, 4.69) is 163 Å². The van der Waals surface area contributed by atoms with Gasteiger partial charge in [0.15, 0.2) is 0 Å². The fourth-order valence-electron chi connectivity index (χ4n) is 14.1. The SMILES string of the molecule is CCCCCCCCCCCCCCCCCCOP(Oc1ccccc1CCCCCCCC)Oc1cc(C)c(C(CCC)c2cc(C(C)(C)C)c(OP(OCCCCCCCCCCCCCCCCCC)Oc3ccccc3CCCCCCCC)cc2C)cc1C(C)(C)C. The summed E-state index contributed by atoms with van der Waals surface area (Å²) in [7, 11) is -3.51. The Morgan fingerprint density at radius 3 is 0.827 bits per heavy atom. The third-order valence-electron chi connectivity index (χ3n) is 20.3. The maximum absolute atomic E-state index is 7.21. The number of aryl methyl sites for hydroxylation is 4. The van der Waals surface area contributed by atoms with Gasteiger partial charge in [-0.15, -0.1) is 0 Å². The number of para-hydroxylation sites is 2. The first-order chi connectivity index (χ1) is 47.6. The Morgan fingerprint density at radius 2 is 0.551 bits per heavy atom. The molecule has 0 aliphatic heterocycles. The molecule has 2 unspecified atom stereocenters. The van der Waals surface area contributed by atoms with Crippen LogP contribution in [0.1, 0.15) is 422 Å². The van der Waals surface area contributed by atoms with Gasteiger partial charge in [-0.05, 0) is 127 Å². The smallest absolute Gasteiger partial charge is 0.417 e. The van der Waals surface area contributed by atoms with Gasteiger partial charge in [-0.3, -0.25) is 9.05 Å². The molecule has 558 valence electrons. The summed E-state index contributed by atoms with van der Waals surface area (Å²) >= 11 is 0. The lowest BCUT2D eigenvalue weighted by Crippen LogP contribution is -2.18. The summed E-state index contributed by atoms with van der Waals surface area (Å²) in [5.74, 6) is 3.65. The van der Waals surface area contributed by atoms with Crippen molar-refractivity contribution in [3.05, 3.63) is 117 Å². The summed E-state index contributed by atoms with van der Waals surface area (Å²) in [6, 6.07) is 26.8. The van der Waals surface area contributed by atoms with Crippen molar-refractivity contribution in [2.45, 2.75) is 415 Å². The second-order valence-electron chi connectivity index (χ2n) is 31.6. The van der Waals surface area contributed by atoms with Crippen molar-refractivity contribution >= 4 is 17.2 Å². The first-order valence-electron chi connectivity index (χ1n) is 41.7. The molecule has 0 fully saturated rings. The van der Waals surface area contributed by atoms with E-state index >= 15 is 0 Å². The number of hydrogen-bond donors (Lipinski definition) is 0. The molecule has 0 N–H and O–H groups in total. The lowest BCUT2D eigenvalue weighted by molar-refractivity contribution is 0.255. The molecule has 6 nitrogen and oxygen atoms in total. The molecule has 0 spiro atoms. The molecule has 4 rings (SSSR count). The number of benzene rings is 4. The van der Waals surface area contributed by atoms with E-state index in [0.29, 0.717) is 13.2 Å². The minimum absolute atomic E-state index is 0.154. The Kier molecular flexibility index (Phi) is 48.5. The van der Waals surface area contributed by atoms with Crippen molar-refractivity contribution in [3.8, 4) is 23.0 Å². The molecule has 0 radical (unpaired) electrons. The Morgan fingerprint density at radius 1 is 0.296 bits per heavy atom. The number of hydrogen-bond acceptors (Lipinski definition) is 6. The van der Waals surface area contributed by atoms with Crippen LogP contribution in [0.5, 0.6) is 23.0 Å². The number of rotatable bonds is 62. The minimum Gasteiger partial charge on any atom is -0.417 e. The normalized spacial score (nSPS) is 12.9. The van der Waals surface area contributed by atoms with Crippen molar-refractivity contribution in [1.82, 2.24) is 0 Å². The molecule has 0 bridgehead atoms. The van der Waals surface area contributed by atoms with Crippen LogP contribution in [0.15, 0.2) is 72.8 Å². The molecule has 2 atom stereocenters. The lowest BCUT2D eigenvalue weighted by atomic mass is 9.76. The Balaban J connectivity index is 1.56. The van der Waals surface area contributed by atoms with Gasteiger partial charge in [0.1, 0.15) is 23.0 Å². The van der Waals surface area contributed by atoms with Crippen LogP contribution in [-0.4, -0.2) is 13.2 Å². The van der Waals surface area contributed by atoms with Crippen molar-refractivity contribution in [1.29, 1.82) is 0 Å². The third-order valence-corrected chi connectivity index (χ3v) is 22.5. The highest BCUT2D eigenvalue weighted by Crippen LogP contribution is 2.51. The predicted octanol–water partition coefficient (Wildman–Crippen LogP) is 31.6. The van der Waals surface area contributed by atoms with Crippen molar-refractivity contribution in [2.24, 2.45) is 0 Å². The van der Waals surface area contributed by atoms with Crippen LogP contribution >= 0.6 is 17.2 Å². The summed E-state index contributed by atoms with van der Waals surface area (Å²) in [6.07, 6.45) is 62.2. The van der Waals surface area contributed by atoms with Crippen molar-refractivity contribution in [2.75, 3.05) is 13.2 Å². The average molecular weight is 1390 g/mol. The fourth-order valence-corrected chi connectivity index (χ4v) is 16.2. The van der Waals surface area contributed by atoms with E-state index in [4.69, 9.17) is 27.1 Å². The molecular weight excluding hydrogens is 1240 g/mol. The topological polar surface area (TPSA) is 55.4 Å². The van der Waals surface area contributed by atoms with Gasteiger partial charge in [-0.25, -0.2) is 0 Å². The standard InChI is InChI=1S/C90H152O6P2/c1-14-19-23-27-31-33-35-37-39-41-43-45-47-49-53-61-70-91-97(93-85-68-59-57-66-78(85)64-55-51-29-25-21-16-3)95-87-72-76(6)81(74-83(87)89(8,9)10)80(63-18-5)82-75-84(90(11,12)13)88(73-77(82)7)96-98(94-86-69-60-58-67-79(86)65-56-52-30-26-22-17-4)92-71-62-54-50-48-46-44-42-40-38-36-34-32-28-24-20-15-2/h57-60,66-69,72-75,80H,14-56,61-65,70-71H2,1-13H3. The highest BCUT2D eigenvalue weighted by atomic mass is 31.2. The molecular formula is C90H152O6P2. The van der Waals surface area contributed by atoms with Gasteiger partial charge in [0, 0.05) is 17.0 Å². The number of unbranched alkanes of at least 4 members (excludes halogenated alkanes) is 40. The molecule has 4 aromatic rings. The zero-order valence-corrected chi connectivity index (χ0v) is 68.0. The Bertz CT molecular complexity index is 2410.